The van der Waals surface area contributed by atoms with Crippen LogP contribution in [0.1, 0.15) is 0 Å². The van der Waals surface area contributed by atoms with Gasteiger partial charge in [0.25, 0.3) is 0 Å². The third-order valence-corrected chi connectivity index (χ3v) is 9.39. The Kier molecular flexibility index (Phi) is 5.84. The molecule has 0 N–H and O–H groups in total. The van der Waals surface area contributed by atoms with Crippen molar-refractivity contribution >= 4 is 42.7 Å². The Hall–Kier alpha value is -2.38. The molecule has 4 rings (SSSR count). The van der Waals surface area contributed by atoms with E-state index in [1.54, 1.807) is 0 Å². The smallest absolute Gasteiger partial charge is 0.419 e. The van der Waals surface area contributed by atoms with E-state index in [1.165, 1.54) is 63.7 Å². The minimum Gasteiger partial charge on any atom is -0.495 e. The first kappa shape index (κ1) is 22.8. The van der Waals surface area contributed by atoms with Crippen LogP contribution in [0.15, 0.2) is 55.4 Å². The molecule has 13 heteroatoms. The van der Waals surface area contributed by atoms with Gasteiger partial charge in [-0.1, -0.05) is 11.6 Å². The molecule has 2 heterocycles. The molecule has 32 heavy (non-hydrogen) atoms. The van der Waals surface area contributed by atoms with Gasteiger partial charge in [0, 0.05) is 44.3 Å². The van der Waals surface area contributed by atoms with Crippen LogP contribution >= 0.6 is 11.6 Å². The van der Waals surface area contributed by atoms with Crippen LogP contribution in [0.4, 0.5) is 0 Å². The number of oxazole rings is 1. The van der Waals surface area contributed by atoms with Crippen LogP contribution in [0.25, 0.3) is 11.1 Å². The highest BCUT2D eigenvalue weighted by molar-refractivity contribution is 7.89. The van der Waals surface area contributed by atoms with Gasteiger partial charge in [-0.05, 0) is 30.3 Å². The molecule has 3 aromatic rings. The van der Waals surface area contributed by atoms with Gasteiger partial charge in [-0.2, -0.15) is 8.61 Å². The van der Waals surface area contributed by atoms with E-state index in [0.717, 1.165) is 0 Å². The highest BCUT2D eigenvalue weighted by Crippen LogP contribution is 2.31. The highest BCUT2D eigenvalue weighted by Gasteiger charge is 2.35. The lowest BCUT2D eigenvalue weighted by atomic mass is 10.3. The number of hydrogen-bond acceptors (Lipinski definition) is 7. The summed E-state index contributed by atoms with van der Waals surface area (Å²) in [5, 5.41) is 0.244. The van der Waals surface area contributed by atoms with Gasteiger partial charge in [-0.3, -0.25) is 4.57 Å². The number of ether oxygens (including phenoxy) is 1. The summed E-state index contributed by atoms with van der Waals surface area (Å²) in [6.07, 6.45) is 0. The molecule has 0 radical (unpaired) electrons. The molecule has 0 aliphatic carbocycles. The maximum Gasteiger partial charge on any atom is 0.419 e. The fourth-order valence-corrected chi connectivity index (χ4v) is 6.84. The molecule has 0 amide bonds. The summed E-state index contributed by atoms with van der Waals surface area (Å²) in [4.78, 5) is 11.6. The lowest BCUT2D eigenvalue weighted by Crippen LogP contribution is -2.50. The molecule has 0 spiro atoms. The van der Waals surface area contributed by atoms with Crippen LogP contribution in [0, 0.1) is 0 Å². The molecule has 0 atom stereocenters. The summed E-state index contributed by atoms with van der Waals surface area (Å²) in [6, 6.07) is 8.49. The fraction of sp³-hybridized carbons (Fsp3) is 0.316. The van der Waals surface area contributed by atoms with Crippen molar-refractivity contribution < 1.29 is 26.0 Å². The van der Waals surface area contributed by atoms with Gasteiger partial charge in [0.15, 0.2) is 5.58 Å². The average molecular weight is 502 g/mol. The average Bonchev–Trinajstić information content (AvgIpc) is 3.06. The summed E-state index contributed by atoms with van der Waals surface area (Å²) in [5.41, 5.74) is 0.633. The van der Waals surface area contributed by atoms with E-state index in [1.807, 2.05) is 0 Å². The van der Waals surface area contributed by atoms with Gasteiger partial charge in [0.2, 0.25) is 20.0 Å². The van der Waals surface area contributed by atoms with Crippen LogP contribution in [-0.2, 0) is 27.1 Å². The number of piperazine rings is 1. The van der Waals surface area contributed by atoms with Crippen molar-refractivity contribution in [2.45, 2.75) is 9.79 Å². The number of sulfonamides is 2. The van der Waals surface area contributed by atoms with Crippen LogP contribution in [0.2, 0.25) is 5.02 Å². The van der Waals surface area contributed by atoms with E-state index in [0.29, 0.717) is 5.52 Å². The summed E-state index contributed by atoms with van der Waals surface area (Å²) >= 11 is 5.97. The predicted octanol–water partition coefficient (Wildman–Crippen LogP) is 1.49. The van der Waals surface area contributed by atoms with E-state index >= 15 is 0 Å². The van der Waals surface area contributed by atoms with Crippen LogP contribution in [0.3, 0.4) is 0 Å². The minimum absolute atomic E-state index is 0.0350. The monoisotopic (exact) mass is 501 g/mol. The molecule has 172 valence electrons. The van der Waals surface area contributed by atoms with E-state index < -0.39 is 25.8 Å². The number of nitrogens with zero attached hydrogens (tertiary/aromatic N) is 3. The van der Waals surface area contributed by atoms with Crippen LogP contribution < -0.4 is 10.5 Å². The summed E-state index contributed by atoms with van der Waals surface area (Å²) < 4.78 is 66.3. The zero-order valence-electron chi connectivity index (χ0n) is 17.2. The van der Waals surface area contributed by atoms with E-state index in [9.17, 15) is 21.6 Å². The molecule has 1 saturated heterocycles. The van der Waals surface area contributed by atoms with Crippen molar-refractivity contribution in [2.75, 3.05) is 33.3 Å². The third kappa shape index (κ3) is 3.82. The number of aryl methyl sites for hydroxylation is 1. The summed E-state index contributed by atoms with van der Waals surface area (Å²) in [6.45, 7) is -0.164. The number of aromatic nitrogens is 1. The SMILES string of the molecule is COc1ccc(Cl)cc1S(=O)(=O)N1CCN(S(=O)(=O)c2ccc3c(c2)oc(=O)n3C)CC1. The second-order valence-corrected chi connectivity index (χ2v) is 11.4. The van der Waals surface area contributed by atoms with Crippen LogP contribution in [0.5, 0.6) is 5.75 Å². The van der Waals surface area contributed by atoms with Crippen molar-refractivity contribution in [3.05, 3.63) is 52.0 Å². The molecule has 10 nitrogen and oxygen atoms in total. The Labute approximate surface area is 189 Å². The predicted molar refractivity (Wildman–Crippen MR) is 117 cm³/mol. The van der Waals surface area contributed by atoms with Crippen molar-refractivity contribution in [1.29, 1.82) is 0 Å². The fourth-order valence-electron chi connectivity index (χ4n) is 3.57. The largest absolute Gasteiger partial charge is 0.495 e. The van der Waals surface area contributed by atoms with Gasteiger partial charge in [-0.25, -0.2) is 21.6 Å². The zero-order chi connectivity index (χ0) is 23.3. The minimum atomic E-state index is -3.94. The Bertz CT molecular complexity index is 1450. The molecule has 1 aromatic heterocycles. The Morgan fingerprint density at radius 3 is 2.19 bits per heavy atom. The molecule has 1 aliphatic heterocycles. The molecule has 0 unspecified atom stereocenters. The quantitative estimate of drug-likeness (QED) is 0.519. The lowest BCUT2D eigenvalue weighted by molar-refractivity contribution is 0.272. The lowest BCUT2D eigenvalue weighted by Gasteiger charge is -2.33. The second kappa shape index (κ2) is 8.19. The summed E-state index contributed by atoms with van der Waals surface area (Å²) in [7, 11) is -4.97. The van der Waals surface area contributed by atoms with Crippen molar-refractivity contribution in [3.63, 3.8) is 0 Å². The van der Waals surface area contributed by atoms with Gasteiger partial charge < -0.3 is 9.15 Å². The number of fused-ring (bicyclic) bond motifs is 1. The third-order valence-electron chi connectivity index (χ3n) is 5.34. The van der Waals surface area contributed by atoms with E-state index in [4.69, 9.17) is 20.8 Å². The van der Waals surface area contributed by atoms with Crippen molar-refractivity contribution in [1.82, 2.24) is 13.2 Å². The molecule has 1 aliphatic rings. The van der Waals surface area contributed by atoms with Crippen LogP contribution in [-0.4, -0.2) is 63.3 Å². The molecule has 0 bridgehead atoms. The van der Waals surface area contributed by atoms with E-state index in [2.05, 4.69) is 0 Å². The Balaban J connectivity index is 1.57. The van der Waals surface area contributed by atoms with Gasteiger partial charge in [0.1, 0.15) is 10.6 Å². The topological polar surface area (TPSA) is 119 Å². The van der Waals surface area contributed by atoms with Gasteiger partial charge >= 0.3 is 5.76 Å². The molecule has 0 saturated carbocycles. The van der Waals surface area contributed by atoms with Crippen molar-refractivity contribution in [3.8, 4) is 5.75 Å². The molecule has 1 fully saturated rings. The normalized spacial score (nSPS) is 16.5. The second-order valence-electron chi connectivity index (χ2n) is 7.16. The van der Waals surface area contributed by atoms with Crippen molar-refractivity contribution in [2.24, 2.45) is 7.05 Å². The maximum absolute atomic E-state index is 13.1. The molecular weight excluding hydrogens is 482 g/mol. The first-order valence-electron chi connectivity index (χ1n) is 9.49. The zero-order valence-corrected chi connectivity index (χ0v) is 19.6. The standard InChI is InChI=1S/C19H20ClN3O7S2/c1-21-15-5-4-14(12-17(15)30-19(21)24)31(25,26)22-7-9-23(10-8-22)32(27,28)18-11-13(20)3-6-16(18)29-2/h3-6,11-12H,7-10H2,1-2H3. The summed E-state index contributed by atoms with van der Waals surface area (Å²) in [5.74, 6) is -0.438. The number of halogens is 1. The van der Waals surface area contributed by atoms with Gasteiger partial charge in [0.05, 0.1) is 17.5 Å². The number of benzene rings is 2. The first-order valence-corrected chi connectivity index (χ1v) is 12.7. The molecular formula is C19H20ClN3O7S2. The van der Waals surface area contributed by atoms with Gasteiger partial charge in [-0.15, -0.1) is 0 Å². The Morgan fingerprint density at radius 2 is 1.56 bits per heavy atom. The first-order chi connectivity index (χ1) is 15.1. The highest BCUT2D eigenvalue weighted by atomic mass is 35.5. The van der Waals surface area contributed by atoms with E-state index in [-0.39, 0.29) is 52.3 Å². The molecule has 2 aromatic carbocycles. The number of methoxy groups -OCH3 is 1. The number of hydrogen-bond donors (Lipinski definition) is 0. The Morgan fingerprint density at radius 1 is 0.938 bits per heavy atom. The number of rotatable bonds is 5. The maximum atomic E-state index is 13.1.